The van der Waals surface area contributed by atoms with E-state index in [2.05, 4.69) is 27.0 Å². The molecule has 0 amide bonds. The highest BCUT2D eigenvalue weighted by atomic mass is 79.9. The first-order valence-corrected chi connectivity index (χ1v) is 7.88. The fourth-order valence-electron chi connectivity index (χ4n) is 2.50. The molecule has 3 aromatic rings. The van der Waals surface area contributed by atoms with E-state index in [1.165, 1.54) is 0 Å². The van der Waals surface area contributed by atoms with E-state index in [1.807, 2.05) is 60.1 Å². The number of fused-ring (bicyclic) bond motifs is 1. The first-order chi connectivity index (χ1) is 11.1. The number of aliphatic hydroxyl groups is 1. The zero-order chi connectivity index (χ0) is 16.4. The summed E-state index contributed by atoms with van der Waals surface area (Å²) in [4.78, 5) is 4.48. The molecule has 114 valence electrons. The average Bonchev–Trinajstić information content (AvgIpc) is 2.88. The van der Waals surface area contributed by atoms with E-state index in [0.29, 0.717) is 12.2 Å². The Morgan fingerprint density at radius 3 is 2.57 bits per heavy atom. The highest BCUT2D eigenvalue weighted by Gasteiger charge is 2.16. The van der Waals surface area contributed by atoms with Crippen molar-refractivity contribution in [3.05, 3.63) is 70.2 Å². The molecule has 23 heavy (non-hydrogen) atoms. The third-order valence-electron chi connectivity index (χ3n) is 3.70. The lowest BCUT2D eigenvalue weighted by Gasteiger charge is -2.06. The summed E-state index contributed by atoms with van der Waals surface area (Å²) in [5, 5.41) is 19.9. The molecule has 4 nitrogen and oxygen atoms in total. The molecule has 0 saturated heterocycles. The van der Waals surface area contributed by atoms with Crippen molar-refractivity contribution < 1.29 is 5.11 Å². The summed E-state index contributed by atoms with van der Waals surface area (Å²) < 4.78 is 2.80. The van der Waals surface area contributed by atoms with Crippen LogP contribution in [0.15, 0.2) is 58.8 Å². The predicted octanol–water partition coefficient (Wildman–Crippen LogP) is 4.37. The van der Waals surface area contributed by atoms with Crippen LogP contribution < -0.4 is 0 Å². The lowest BCUT2D eigenvalue weighted by atomic mass is 10.1. The second kappa shape index (κ2) is 6.27. The summed E-state index contributed by atoms with van der Waals surface area (Å²) >= 11 is 3.38. The van der Waals surface area contributed by atoms with Crippen molar-refractivity contribution in [3.8, 4) is 6.07 Å². The Morgan fingerprint density at radius 1 is 1.22 bits per heavy atom. The number of aromatic nitrogens is 2. The number of nitriles is 1. The molecule has 3 rings (SSSR count). The topological polar surface area (TPSA) is 61.8 Å². The van der Waals surface area contributed by atoms with Gasteiger partial charge in [-0.05, 0) is 29.8 Å². The number of hydrogen-bond acceptors (Lipinski definition) is 3. The molecule has 0 aliphatic heterocycles. The number of para-hydroxylation sites is 2. The van der Waals surface area contributed by atoms with Crippen LogP contribution >= 0.6 is 15.9 Å². The maximum atomic E-state index is 10.4. The van der Waals surface area contributed by atoms with Crippen molar-refractivity contribution in [3.63, 3.8) is 0 Å². The number of rotatable bonds is 3. The molecule has 5 heteroatoms. The van der Waals surface area contributed by atoms with Crippen molar-refractivity contribution in [2.75, 3.05) is 0 Å². The quantitative estimate of drug-likeness (QED) is 0.552. The van der Waals surface area contributed by atoms with Gasteiger partial charge in [0.05, 0.1) is 11.0 Å². The Balaban J connectivity index is 2.04. The lowest BCUT2D eigenvalue weighted by molar-refractivity contribution is 0.401. The molecule has 0 saturated carbocycles. The molecule has 1 N–H and O–H groups in total. The molecule has 0 radical (unpaired) electrons. The largest absolute Gasteiger partial charge is 0.510 e. The number of hydrogen-bond donors (Lipinski definition) is 1. The number of aryl methyl sites for hydroxylation is 1. The highest BCUT2D eigenvalue weighted by molar-refractivity contribution is 9.10. The smallest absolute Gasteiger partial charge is 0.155 e. The van der Waals surface area contributed by atoms with Crippen LogP contribution in [-0.4, -0.2) is 14.7 Å². The number of imidazole rings is 1. The monoisotopic (exact) mass is 367 g/mol. The van der Waals surface area contributed by atoms with Crippen molar-refractivity contribution >= 4 is 32.5 Å². The predicted molar refractivity (Wildman–Crippen MR) is 93.7 cm³/mol. The van der Waals surface area contributed by atoms with Gasteiger partial charge in [-0.2, -0.15) is 5.26 Å². The molecule has 0 fully saturated rings. The first kappa shape index (κ1) is 15.3. The van der Waals surface area contributed by atoms with E-state index < -0.39 is 0 Å². The van der Waals surface area contributed by atoms with Crippen LogP contribution in [-0.2, 0) is 13.5 Å². The van der Waals surface area contributed by atoms with E-state index in [-0.39, 0.29) is 11.3 Å². The van der Waals surface area contributed by atoms with Gasteiger partial charge in [0.25, 0.3) is 0 Å². The Kier molecular flexibility index (Phi) is 4.18. The van der Waals surface area contributed by atoms with Gasteiger partial charge in [0.15, 0.2) is 5.82 Å². The normalized spacial score (nSPS) is 12.0. The van der Waals surface area contributed by atoms with E-state index in [1.54, 1.807) is 0 Å². The van der Waals surface area contributed by atoms with Crippen LogP contribution in [0, 0.1) is 11.3 Å². The molecule has 0 atom stereocenters. The summed E-state index contributed by atoms with van der Waals surface area (Å²) in [5.41, 5.74) is 2.85. The Bertz CT molecular complexity index is 933. The summed E-state index contributed by atoms with van der Waals surface area (Å²) in [7, 11) is 1.84. The molecule has 0 spiro atoms. The standard InChI is InChI=1S/C18H14BrN3O/c1-22-16-5-3-2-4-15(16)21-18(22)14(11-20)17(23)10-12-6-8-13(19)9-7-12/h2-9,23H,10H2,1H3. The minimum atomic E-state index is 0.0215. The van der Waals surface area contributed by atoms with Crippen LogP contribution in [0.4, 0.5) is 0 Å². The Labute approximate surface area is 142 Å². The van der Waals surface area contributed by atoms with Crippen molar-refractivity contribution in [2.45, 2.75) is 6.42 Å². The average molecular weight is 368 g/mol. The summed E-state index contributed by atoms with van der Waals surface area (Å²) in [5.74, 6) is 0.497. The van der Waals surface area contributed by atoms with Crippen molar-refractivity contribution in [2.24, 2.45) is 7.05 Å². The Morgan fingerprint density at radius 2 is 1.91 bits per heavy atom. The van der Waals surface area contributed by atoms with Gasteiger partial charge >= 0.3 is 0 Å². The summed E-state index contributed by atoms with van der Waals surface area (Å²) in [6, 6.07) is 17.4. The van der Waals surface area contributed by atoms with Gasteiger partial charge in [0.2, 0.25) is 0 Å². The minimum Gasteiger partial charge on any atom is -0.510 e. The van der Waals surface area contributed by atoms with Crippen LogP contribution in [0.3, 0.4) is 0 Å². The van der Waals surface area contributed by atoms with Gasteiger partial charge in [0, 0.05) is 17.9 Å². The number of halogens is 1. The van der Waals surface area contributed by atoms with Crippen molar-refractivity contribution in [1.82, 2.24) is 9.55 Å². The van der Waals surface area contributed by atoms with Gasteiger partial charge in [0.1, 0.15) is 17.4 Å². The third-order valence-corrected chi connectivity index (χ3v) is 4.22. The first-order valence-electron chi connectivity index (χ1n) is 7.08. The lowest BCUT2D eigenvalue weighted by Crippen LogP contribution is -2.01. The highest BCUT2D eigenvalue weighted by Crippen LogP contribution is 2.23. The third kappa shape index (κ3) is 2.99. The molecule has 1 aromatic heterocycles. The molecule has 1 heterocycles. The van der Waals surface area contributed by atoms with Crippen LogP contribution in [0.5, 0.6) is 0 Å². The molecule has 2 aromatic carbocycles. The molecule has 0 bridgehead atoms. The second-order valence-electron chi connectivity index (χ2n) is 5.22. The summed E-state index contributed by atoms with van der Waals surface area (Å²) in [6.07, 6.45) is 0.291. The zero-order valence-corrected chi connectivity index (χ0v) is 14.1. The molecule has 0 unspecified atom stereocenters. The van der Waals surface area contributed by atoms with E-state index in [0.717, 1.165) is 21.1 Å². The van der Waals surface area contributed by atoms with E-state index in [4.69, 9.17) is 0 Å². The van der Waals surface area contributed by atoms with E-state index >= 15 is 0 Å². The number of benzene rings is 2. The second-order valence-corrected chi connectivity index (χ2v) is 6.14. The van der Waals surface area contributed by atoms with Crippen LogP contribution in [0.1, 0.15) is 11.4 Å². The maximum Gasteiger partial charge on any atom is 0.155 e. The SMILES string of the molecule is Cn1c(C(C#N)=C(O)Cc2ccc(Br)cc2)nc2ccccc21. The molecule has 0 aliphatic carbocycles. The van der Waals surface area contributed by atoms with Gasteiger partial charge in [-0.1, -0.05) is 40.2 Å². The van der Waals surface area contributed by atoms with E-state index in [9.17, 15) is 10.4 Å². The maximum absolute atomic E-state index is 10.4. The fourth-order valence-corrected chi connectivity index (χ4v) is 2.76. The number of allylic oxidation sites excluding steroid dienone is 2. The number of nitrogens with zero attached hydrogens (tertiary/aromatic N) is 3. The van der Waals surface area contributed by atoms with Gasteiger partial charge in [-0.3, -0.25) is 0 Å². The number of aliphatic hydroxyl groups excluding tert-OH is 1. The molecule has 0 aliphatic rings. The Hall–Kier alpha value is -2.58. The van der Waals surface area contributed by atoms with Crippen LogP contribution in [0.25, 0.3) is 16.6 Å². The van der Waals surface area contributed by atoms with Gasteiger partial charge in [-0.25, -0.2) is 4.98 Å². The zero-order valence-electron chi connectivity index (χ0n) is 12.5. The van der Waals surface area contributed by atoms with Crippen LogP contribution in [0.2, 0.25) is 0 Å². The summed E-state index contributed by atoms with van der Waals surface area (Å²) in [6.45, 7) is 0. The van der Waals surface area contributed by atoms with Gasteiger partial charge in [-0.15, -0.1) is 0 Å². The minimum absolute atomic E-state index is 0.0215. The molecular weight excluding hydrogens is 354 g/mol. The van der Waals surface area contributed by atoms with Gasteiger partial charge < -0.3 is 9.67 Å². The fraction of sp³-hybridized carbons (Fsp3) is 0.111. The molecular formula is C18H14BrN3O. The van der Waals surface area contributed by atoms with Crippen molar-refractivity contribution in [1.29, 1.82) is 5.26 Å².